The van der Waals surface area contributed by atoms with E-state index < -0.39 is 5.97 Å². The molecule has 4 nitrogen and oxygen atoms in total. The van der Waals surface area contributed by atoms with Crippen molar-refractivity contribution in [2.24, 2.45) is 0 Å². The van der Waals surface area contributed by atoms with Crippen molar-refractivity contribution in [1.29, 1.82) is 0 Å². The van der Waals surface area contributed by atoms with Crippen molar-refractivity contribution < 1.29 is 9.90 Å². The van der Waals surface area contributed by atoms with Gasteiger partial charge in [0.25, 0.3) is 0 Å². The summed E-state index contributed by atoms with van der Waals surface area (Å²) in [5, 5.41) is 17.5. The fraction of sp³-hybridized carbons (Fsp3) is 0. The minimum absolute atomic E-state index is 0.154. The van der Waals surface area contributed by atoms with E-state index in [2.05, 4.69) is 21.0 Å². The van der Waals surface area contributed by atoms with Gasteiger partial charge in [-0.3, -0.25) is 0 Å². The molecule has 1 aromatic carbocycles. The van der Waals surface area contributed by atoms with Crippen LogP contribution in [0.5, 0.6) is 0 Å². The molecular formula is C14H9BrN2O2S. The zero-order valence-electron chi connectivity index (χ0n) is 10.2. The van der Waals surface area contributed by atoms with Crippen molar-refractivity contribution in [2.75, 3.05) is 0 Å². The molecule has 0 amide bonds. The van der Waals surface area contributed by atoms with Gasteiger partial charge < -0.3 is 5.11 Å². The molecule has 2 heterocycles. The molecule has 0 saturated carbocycles. The second-order valence-electron chi connectivity index (χ2n) is 4.12. The fourth-order valence-corrected chi connectivity index (χ4v) is 2.75. The lowest BCUT2D eigenvalue weighted by Crippen LogP contribution is -2.06. The number of benzene rings is 1. The SMILES string of the molecule is O=C(O)c1cc(-c2ccc(Br)cc2)nn1-c1ccsc1. The summed E-state index contributed by atoms with van der Waals surface area (Å²) in [6, 6.07) is 11.0. The maximum atomic E-state index is 11.4. The van der Waals surface area contributed by atoms with Crippen LogP contribution in [0.4, 0.5) is 0 Å². The number of halogens is 1. The third-order valence-corrected chi connectivity index (χ3v) is 4.02. The Labute approximate surface area is 127 Å². The number of hydrogen-bond acceptors (Lipinski definition) is 3. The first kappa shape index (κ1) is 13.1. The number of nitrogens with zero attached hydrogens (tertiary/aromatic N) is 2. The highest BCUT2D eigenvalue weighted by atomic mass is 79.9. The summed E-state index contributed by atoms with van der Waals surface area (Å²) in [6.07, 6.45) is 0. The molecule has 0 aliphatic carbocycles. The summed E-state index contributed by atoms with van der Waals surface area (Å²) < 4.78 is 2.42. The van der Waals surface area contributed by atoms with Crippen molar-refractivity contribution in [2.45, 2.75) is 0 Å². The van der Waals surface area contributed by atoms with E-state index in [1.165, 1.54) is 16.0 Å². The summed E-state index contributed by atoms with van der Waals surface area (Å²) in [5.41, 5.74) is 2.43. The molecule has 6 heteroatoms. The number of hydrogen-bond donors (Lipinski definition) is 1. The largest absolute Gasteiger partial charge is 0.477 e. The van der Waals surface area contributed by atoms with Crippen LogP contribution in [0.25, 0.3) is 16.9 Å². The molecule has 100 valence electrons. The van der Waals surface area contributed by atoms with Crippen LogP contribution in [-0.4, -0.2) is 20.9 Å². The molecule has 0 atom stereocenters. The van der Waals surface area contributed by atoms with Crippen LogP contribution < -0.4 is 0 Å². The van der Waals surface area contributed by atoms with E-state index in [4.69, 9.17) is 0 Å². The highest BCUT2D eigenvalue weighted by Crippen LogP contribution is 2.24. The van der Waals surface area contributed by atoms with E-state index >= 15 is 0 Å². The Hall–Kier alpha value is -1.92. The van der Waals surface area contributed by atoms with Gasteiger partial charge in [0.15, 0.2) is 5.69 Å². The maximum absolute atomic E-state index is 11.4. The molecule has 0 spiro atoms. The van der Waals surface area contributed by atoms with E-state index in [0.717, 1.165) is 15.7 Å². The Morgan fingerprint density at radius 3 is 2.60 bits per heavy atom. The summed E-state index contributed by atoms with van der Waals surface area (Å²) in [7, 11) is 0. The minimum Gasteiger partial charge on any atom is -0.477 e. The molecule has 0 bridgehead atoms. The molecule has 2 aromatic heterocycles. The van der Waals surface area contributed by atoms with E-state index in [1.54, 1.807) is 6.07 Å². The van der Waals surface area contributed by atoms with E-state index in [9.17, 15) is 9.90 Å². The van der Waals surface area contributed by atoms with E-state index in [-0.39, 0.29) is 5.69 Å². The van der Waals surface area contributed by atoms with Gasteiger partial charge >= 0.3 is 5.97 Å². The number of carboxylic acids is 1. The molecule has 0 saturated heterocycles. The normalized spacial score (nSPS) is 10.7. The molecular weight excluding hydrogens is 340 g/mol. The molecule has 1 N–H and O–H groups in total. The number of aromatic nitrogens is 2. The molecule has 0 fully saturated rings. The Bertz CT molecular complexity index is 748. The smallest absolute Gasteiger partial charge is 0.354 e. The summed E-state index contributed by atoms with van der Waals surface area (Å²) in [6.45, 7) is 0. The summed E-state index contributed by atoms with van der Waals surface area (Å²) >= 11 is 4.88. The quantitative estimate of drug-likeness (QED) is 0.776. The fourth-order valence-electron chi connectivity index (χ4n) is 1.87. The molecule has 3 rings (SSSR count). The van der Waals surface area contributed by atoms with Gasteiger partial charge in [-0.25, -0.2) is 9.48 Å². The van der Waals surface area contributed by atoms with Crippen molar-refractivity contribution in [3.8, 4) is 16.9 Å². The van der Waals surface area contributed by atoms with Crippen LogP contribution in [-0.2, 0) is 0 Å². The van der Waals surface area contributed by atoms with E-state index in [1.807, 2.05) is 41.1 Å². The minimum atomic E-state index is -0.993. The van der Waals surface area contributed by atoms with Crippen LogP contribution in [0.3, 0.4) is 0 Å². The molecule has 0 aliphatic rings. The molecule has 3 aromatic rings. The lowest BCUT2D eigenvalue weighted by atomic mass is 10.1. The Morgan fingerprint density at radius 2 is 2.00 bits per heavy atom. The third kappa shape index (κ3) is 2.39. The van der Waals surface area contributed by atoms with E-state index in [0.29, 0.717) is 5.69 Å². The van der Waals surface area contributed by atoms with Crippen LogP contribution >= 0.6 is 27.3 Å². The van der Waals surface area contributed by atoms with Crippen LogP contribution in [0.15, 0.2) is 51.6 Å². The van der Waals surface area contributed by atoms with Crippen LogP contribution in [0, 0.1) is 0 Å². The standard InChI is InChI=1S/C14H9BrN2O2S/c15-10-3-1-9(2-4-10)12-7-13(14(18)19)17(16-12)11-5-6-20-8-11/h1-8H,(H,18,19). The van der Waals surface area contributed by atoms with Crippen LogP contribution in [0.2, 0.25) is 0 Å². The number of thiophene rings is 1. The molecule has 0 unspecified atom stereocenters. The zero-order valence-corrected chi connectivity index (χ0v) is 12.6. The Balaban J connectivity index is 2.12. The lowest BCUT2D eigenvalue weighted by molar-refractivity contribution is 0.0687. The Morgan fingerprint density at radius 1 is 1.25 bits per heavy atom. The maximum Gasteiger partial charge on any atom is 0.354 e. The summed E-state index contributed by atoms with van der Waals surface area (Å²) in [5.74, 6) is -0.993. The second-order valence-corrected chi connectivity index (χ2v) is 5.82. The van der Waals surface area contributed by atoms with Crippen molar-refractivity contribution >= 4 is 33.2 Å². The van der Waals surface area contributed by atoms with Crippen molar-refractivity contribution in [3.63, 3.8) is 0 Å². The van der Waals surface area contributed by atoms with Gasteiger partial charge in [0.2, 0.25) is 0 Å². The van der Waals surface area contributed by atoms with Gasteiger partial charge in [0.05, 0.1) is 11.4 Å². The first-order chi connectivity index (χ1) is 9.65. The lowest BCUT2D eigenvalue weighted by Gasteiger charge is -2.00. The van der Waals surface area contributed by atoms with Gasteiger partial charge in [-0.05, 0) is 29.6 Å². The molecule has 0 aliphatic heterocycles. The van der Waals surface area contributed by atoms with Crippen molar-refractivity contribution in [1.82, 2.24) is 9.78 Å². The molecule has 0 radical (unpaired) electrons. The molecule has 20 heavy (non-hydrogen) atoms. The number of carboxylic acid groups (broad SMARTS) is 1. The topological polar surface area (TPSA) is 55.1 Å². The van der Waals surface area contributed by atoms with Gasteiger partial charge in [0.1, 0.15) is 0 Å². The Kier molecular flexibility index (Phi) is 3.42. The van der Waals surface area contributed by atoms with Gasteiger partial charge in [-0.1, -0.05) is 28.1 Å². The predicted molar refractivity (Wildman–Crippen MR) is 81.5 cm³/mol. The number of aromatic carboxylic acids is 1. The average Bonchev–Trinajstić information content (AvgIpc) is 3.08. The van der Waals surface area contributed by atoms with Gasteiger partial charge in [0, 0.05) is 15.4 Å². The monoisotopic (exact) mass is 348 g/mol. The number of rotatable bonds is 3. The first-order valence-electron chi connectivity index (χ1n) is 5.77. The number of carbonyl (C=O) groups is 1. The highest BCUT2D eigenvalue weighted by Gasteiger charge is 2.16. The first-order valence-corrected chi connectivity index (χ1v) is 7.50. The zero-order chi connectivity index (χ0) is 14.1. The van der Waals surface area contributed by atoms with Crippen molar-refractivity contribution in [3.05, 3.63) is 57.3 Å². The highest BCUT2D eigenvalue weighted by molar-refractivity contribution is 9.10. The average molecular weight is 349 g/mol. The van der Waals surface area contributed by atoms with Gasteiger partial charge in [-0.15, -0.1) is 0 Å². The van der Waals surface area contributed by atoms with Gasteiger partial charge in [-0.2, -0.15) is 16.4 Å². The third-order valence-electron chi connectivity index (χ3n) is 2.82. The second kappa shape index (κ2) is 5.22. The summed E-state index contributed by atoms with van der Waals surface area (Å²) in [4.78, 5) is 11.4. The predicted octanol–water partition coefficient (Wildman–Crippen LogP) is 4.06. The van der Waals surface area contributed by atoms with Crippen LogP contribution in [0.1, 0.15) is 10.5 Å².